The third-order valence-corrected chi connectivity index (χ3v) is 4.17. The van der Waals surface area contributed by atoms with Gasteiger partial charge in [0.2, 0.25) is 5.79 Å². The summed E-state index contributed by atoms with van der Waals surface area (Å²) in [7, 11) is 1.61. The van der Waals surface area contributed by atoms with Crippen LogP contribution in [0.25, 0.3) is 0 Å². The molecule has 1 saturated heterocycles. The molecule has 0 radical (unpaired) electrons. The normalized spacial score (nSPS) is 29.1. The second kappa shape index (κ2) is 9.85. The van der Waals surface area contributed by atoms with Crippen LogP contribution < -0.4 is 0 Å². The van der Waals surface area contributed by atoms with E-state index < -0.39 is 17.9 Å². The molecule has 1 fully saturated rings. The third-order valence-electron chi connectivity index (χ3n) is 4.17. The monoisotopic (exact) mass is 326 g/mol. The van der Waals surface area contributed by atoms with Crippen molar-refractivity contribution in [2.45, 2.75) is 71.2 Å². The van der Waals surface area contributed by atoms with Crippen LogP contribution in [0, 0.1) is 5.92 Å². The van der Waals surface area contributed by atoms with E-state index in [1.807, 2.05) is 6.92 Å². The molecule has 5 heteroatoms. The Morgan fingerprint density at radius 2 is 2.22 bits per heavy atom. The van der Waals surface area contributed by atoms with E-state index in [4.69, 9.17) is 19.6 Å². The molecule has 1 rings (SSSR count). The second-order valence-corrected chi connectivity index (χ2v) is 6.26. The quantitative estimate of drug-likeness (QED) is 0.390. The SMILES string of the molecule is CC/C=C(C)/C=C/CCC[C@@]1(OC)C[C@H](C)[C@H](CC(=O)O)OO1. The van der Waals surface area contributed by atoms with Crippen molar-refractivity contribution in [3.05, 3.63) is 23.8 Å². The van der Waals surface area contributed by atoms with Crippen LogP contribution >= 0.6 is 0 Å². The lowest BCUT2D eigenvalue weighted by Gasteiger charge is -2.40. The van der Waals surface area contributed by atoms with Crippen molar-refractivity contribution in [2.75, 3.05) is 7.11 Å². The van der Waals surface area contributed by atoms with Crippen LogP contribution in [-0.4, -0.2) is 30.1 Å². The minimum Gasteiger partial charge on any atom is -0.481 e. The van der Waals surface area contributed by atoms with Crippen LogP contribution in [0.4, 0.5) is 0 Å². The highest BCUT2D eigenvalue weighted by Gasteiger charge is 2.42. The number of carboxylic acids is 1. The largest absolute Gasteiger partial charge is 0.481 e. The number of carbonyl (C=O) groups is 1. The van der Waals surface area contributed by atoms with Gasteiger partial charge in [-0.2, -0.15) is 0 Å². The standard InChI is InChI=1S/C18H30O5/c1-5-9-14(2)10-7-6-8-11-18(21-4)13-15(3)16(22-23-18)12-17(19)20/h7,9-10,15-16H,5-6,8,11-13H2,1-4H3,(H,19,20)/b10-7+,14-9+/t15-,16-,18-/m0/s1. The smallest absolute Gasteiger partial charge is 0.306 e. The summed E-state index contributed by atoms with van der Waals surface area (Å²) in [5.74, 6) is -1.57. The first kappa shape index (κ1) is 19.9. The number of hydrogen-bond donors (Lipinski definition) is 1. The number of aliphatic carboxylic acids is 1. The van der Waals surface area contributed by atoms with E-state index in [9.17, 15) is 4.79 Å². The average molecular weight is 326 g/mol. The highest BCUT2D eigenvalue weighted by atomic mass is 17.2. The van der Waals surface area contributed by atoms with Gasteiger partial charge in [0.15, 0.2) is 0 Å². The average Bonchev–Trinajstić information content (AvgIpc) is 2.49. The van der Waals surface area contributed by atoms with E-state index in [0.717, 1.165) is 19.3 Å². The predicted octanol–water partition coefficient (Wildman–Crippen LogP) is 4.24. The molecular weight excluding hydrogens is 296 g/mol. The number of ether oxygens (including phenoxy) is 1. The molecule has 132 valence electrons. The Labute approximate surface area is 139 Å². The molecule has 0 spiro atoms. The molecule has 0 aromatic heterocycles. The van der Waals surface area contributed by atoms with Gasteiger partial charge in [0.05, 0.1) is 6.42 Å². The van der Waals surface area contributed by atoms with Gasteiger partial charge in [-0.25, -0.2) is 9.78 Å². The highest BCUT2D eigenvalue weighted by Crippen LogP contribution is 2.36. The van der Waals surface area contributed by atoms with Gasteiger partial charge in [-0.1, -0.05) is 37.6 Å². The number of methoxy groups -OCH3 is 1. The molecule has 1 aliphatic rings. The van der Waals surface area contributed by atoms with Gasteiger partial charge >= 0.3 is 5.97 Å². The van der Waals surface area contributed by atoms with Gasteiger partial charge in [0, 0.05) is 20.0 Å². The molecule has 23 heavy (non-hydrogen) atoms. The van der Waals surface area contributed by atoms with Crippen LogP contribution in [0.2, 0.25) is 0 Å². The first-order valence-corrected chi connectivity index (χ1v) is 8.37. The summed E-state index contributed by atoms with van der Waals surface area (Å²) in [5, 5.41) is 8.88. The zero-order valence-electron chi connectivity index (χ0n) is 14.7. The van der Waals surface area contributed by atoms with Gasteiger partial charge in [-0.05, 0) is 32.1 Å². The first-order chi connectivity index (χ1) is 10.9. The molecule has 0 aliphatic carbocycles. The Morgan fingerprint density at radius 3 is 2.78 bits per heavy atom. The van der Waals surface area contributed by atoms with Crippen molar-refractivity contribution in [1.29, 1.82) is 0 Å². The summed E-state index contributed by atoms with van der Waals surface area (Å²) in [6.45, 7) is 6.20. The van der Waals surface area contributed by atoms with E-state index in [2.05, 4.69) is 32.1 Å². The number of hydrogen-bond acceptors (Lipinski definition) is 4. The molecule has 1 N–H and O–H groups in total. The number of rotatable bonds is 9. The van der Waals surface area contributed by atoms with Crippen molar-refractivity contribution in [3.8, 4) is 0 Å². The van der Waals surface area contributed by atoms with E-state index >= 15 is 0 Å². The van der Waals surface area contributed by atoms with E-state index in [1.165, 1.54) is 5.57 Å². The van der Waals surface area contributed by atoms with Crippen LogP contribution in [0.5, 0.6) is 0 Å². The summed E-state index contributed by atoms with van der Waals surface area (Å²) in [5.41, 5.74) is 1.27. The summed E-state index contributed by atoms with van der Waals surface area (Å²) >= 11 is 0. The Hall–Kier alpha value is -1.17. The summed E-state index contributed by atoms with van der Waals surface area (Å²) in [4.78, 5) is 21.6. The van der Waals surface area contributed by atoms with Gasteiger partial charge in [-0.15, -0.1) is 0 Å². The molecule has 3 atom stereocenters. The lowest BCUT2D eigenvalue weighted by Crippen LogP contribution is -2.46. The number of allylic oxidation sites excluding steroid dienone is 4. The maximum atomic E-state index is 10.8. The van der Waals surface area contributed by atoms with Gasteiger partial charge < -0.3 is 9.84 Å². The van der Waals surface area contributed by atoms with Crippen molar-refractivity contribution < 1.29 is 24.4 Å². The topological polar surface area (TPSA) is 65.0 Å². The Morgan fingerprint density at radius 1 is 1.48 bits per heavy atom. The summed E-state index contributed by atoms with van der Waals surface area (Å²) in [6.07, 6.45) is 10.3. The minimum absolute atomic E-state index is 0.0489. The number of unbranched alkanes of at least 4 members (excludes halogenated alkanes) is 1. The van der Waals surface area contributed by atoms with Crippen molar-refractivity contribution in [3.63, 3.8) is 0 Å². The Kier molecular flexibility index (Phi) is 8.52. The molecule has 0 aromatic carbocycles. The van der Waals surface area contributed by atoms with E-state index in [-0.39, 0.29) is 12.3 Å². The van der Waals surface area contributed by atoms with Crippen LogP contribution in [-0.2, 0) is 19.3 Å². The minimum atomic E-state index is -0.879. The fourth-order valence-electron chi connectivity index (χ4n) is 2.82. The molecular formula is C18H30O5. The lowest BCUT2D eigenvalue weighted by molar-refractivity contribution is -0.475. The zero-order chi connectivity index (χ0) is 17.3. The first-order valence-electron chi connectivity index (χ1n) is 8.37. The van der Waals surface area contributed by atoms with E-state index in [0.29, 0.717) is 12.8 Å². The lowest BCUT2D eigenvalue weighted by atomic mass is 9.90. The molecule has 0 amide bonds. The number of carboxylic acid groups (broad SMARTS) is 1. The Bertz CT molecular complexity index is 429. The van der Waals surface area contributed by atoms with Gasteiger partial charge in [0.1, 0.15) is 6.10 Å². The predicted molar refractivity (Wildman–Crippen MR) is 88.8 cm³/mol. The van der Waals surface area contributed by atoms with Crippen molar-refractivity contribution >= 4 is 5.97 Å². The molecule has 0 unspecified atom stereocenters. The van der Waals surface area contributed by atoms with Crippen molar-refractivity contribution in [1.82, 2.24) is 0 Å². The van der Waals surface area contributed by atoms with Crippen molar-refractivity contribution in [2.24, 2.45) is 5.92 Å². The molecule has 1 aliphatic heterocycles. The molecule has 0 bridgehead atoms. The summed E-state index contributed by atoms with van der Waals surface area (Å²) < 4.78 is 5.54. The van der Waals surface area contributed by atoms with Gasteiger partial charge in [-0.3, -0.25) is 4.79 Å². The molecule has 0 saturated carbocycles. The maximum absolute atomic E-state index is 10.8. The summed E-state index contributed by atoms with van der Waals surface area (Å²) in [6, 6.07) is 0. The second-order valence-electron chi connectivity index (χ2n) is 6.26. The van der Waals surface area contributed by atoms with Crippen LogP contribution in [0.1, 0.15) is 59.3 Å². The highest BCUT2D eigenvalue weighted by molar-refractivity contribution is 5.67. The molecule has 0 aromatic rings. The van der Waals surface area contributed by atoms with E-state index in [1.54, 1.807) is 7.11 Å². The molecule has 5 nitrogen and oxygen atoms in total. The third kappa shape index (κ3) is 6.85. The maximum Gasteiger partial charge on any atom is 0.306 e. The molecule has 1 heterocycles. The fourth-order valence-corrected chi connectivity index (χ4v) is 2.82. The van der Waals surface area contributed by atoms with Crippen LogP contribution in [0.3, 0.4) is 0 Å². The zero-order valence-corrected chi connectivity index (χ0v) is 14.7. The Balaban J connectivity index is 2.44. The van der Waals surface area contributed by atoms with Crippen LogP contribution in [0.15, 0.2) is 23.8 Å². The van der Waals surface area contributed by atoms with Gasteiger partial charge in [0.25, 0.3) is 0 Å². The fraction of sp³-hybridized carbons (Fsp3) is 0.722.